The normalized spacial score (nSPS) is 11.4. The molecule has 0 fully saturated rings. The Morgan fingerprint density at radius 3 is 3.00 bits per heavy atom. The van der Waals surface area contributed by atoms with E-state index < -0.39 is 16.0 Å². The van der Waals surface area contributed by atoms with Gasteiger partial charge in [-0.25, -0.2) is 17.9 Å². The average Bonchev–Trinajstić information content (AvgIpc) is 3.08. The molecule has 0 unspecified atom stereocenters. The van der Waals surface area contributed by atoms with Gasteiger partial charge in [-0.3, -0.25) is 5.10 Å². The minimum absolute atomic E-state index is 0.0418. The van der Waals surface area contributed by atoms with Gasteiger partial charge >= 0.3 is 5.97 Å². The van der Waals surface area contributed by atoms with Crippen LogP contribution in [0.3, 0.4) is 0 Å². The Balaban J connectivity index is 2.17. The van der Waals surface area contributed by atoms with Crippen LogP contribution in [0.4, 0.5) is 0 Å². The van der Waals surface area contributed by atoms with Crippen molar-refractivity contribution in [2.75, 3.05) is 6.61 Å². The number of esters is 1. The monoisotopic (exact) mass is 299 g/mol. The Labute approximate surface area is 115 Å². The van der Waals surface area contributed by atoms with Crippen molar-refractivity contribution in [3.63, 3.8) is 0 Å². The highest BCUT2D eigenvalue weighted by Gasteiger charge is 2.25. The van der Waals surface area contributed by atoms with Gasteiger partial charge in [0.15, 0.2) is 5.03 Å². The number of furan rings is 1. The molecule has 2 rings (SSSR count). The molecule has 0 spiro atoms. The summed E-state index contributed by atoms with van der Waals surface area (Å²) in [5.41, 5.74) is 0.525. The highest BCUT2D eigenvalue weighted by atomic mass is 32.2. The van der Waals surface area contributed by atoms with Gasteiger partial charge in [0.1, 0.15) is 5.56 Å². The third-order valence-electron chi connectivity index (χ3n) is 2.41. The first-order chi connectivity index (χ1) is 9.54. The van der Waals surface area contributed by atoms with Crippen molar-refractivity contribution >= 4 is 16.0 Å². The second-order valence-electron chi connectivity index (χ2n) is 3.79. The van der Waals surface area contributed by atoms with Gasteiger partial charge < -0.3 is 9.15 Å². The van der Waals surface area contributed by atoms with Crippen molar-refractivity contribution in [2.45, 2.75) is 18.5 Å². The molecule has 0 bridgehead atoms. The zero-order valence-corrected chi connectivity index (χ0v) is 11.4. The first-order valence-electron chi connectivity index (χ1n) is 5.76. The zero-order valence-electron chi connectivity index (χ0n) is 10.6. The molecule has 0 aliphatic heterocycles. The molecule has 0 atom stereocenters. The quantitative estimate of drug-likeness (QED) is 0.757. The molecule has 0 amide bonds. The van der Waals surface area contributed by atoms with Gasteiger partial charge in [-0.2, -0.15) is 5.10 Å². The standard InChI is InChI=1S/C11H13N3O5S/c1-2-19-11(15)9-6-12-14-10(9)20(16,17)13-5-8-3-4-18-7-8/h3-4,6-7,13H,2,5H2,1H3,(H,12,14). The summed E-state index contributed by atoms with van der Waals surface area (Å²) in [4.78, 5) is 11.6. The lowest BCUT2D eigenvalue weighted by molar-refractivity contribution is 0.0522. The summed E-state index contributed by atoms with van der Waals surface area (Å²) >= 11 is 0. The number of aromatic amines is 1. The van der Waals surface area contributed by atoms with Crippen LogP contribution in [0.2, 0.25) is 0 Å². The van der Waals surface area contributed by atoms with Crippen LogP contribution in [0.15, 0.2) is 34.2 Å². The van der Waals surface area contributed by atoms with Gasteiger partial charge in [0.2, 0.25) is 0 Å². The van der Waals surface area contributed by atoms with Crippen molar-refractivity contribution < 1.29 is 22.4 Å². The lowest BCUT2D eigenvalue weighted by Gasteiger charge is -2.05. The maximum absolute atomic E-state index is 12.1. The smallest absolute Gasteiger partial charge is 0.342 e. The molecular weight excluding hydrogens is 286 g/mol. The van der Waals surface area contributed by atoms with Gasteiger partial charge in [0.25, 0.3) is 10.0 Å². The summed E-state index contributed by atoms with van der Waals surface area (Å²) < 4.78 is 36.1. The third-order valence-corrected chi connectivity index (χ3v) is 3.79. The van der Waals surface area contributed by atoms with Gasteiger partial charge in [-0.15, -0.1) is 0 Å². The molecule has 9 heteroatoms. The van der Waals surface area contributed by atoms with Crippen LogP contribution in [0.5, 0.6) is 0 Å². The molecule has 0 saturated heterocycles. The molecule has 2 aromatic rings. The van der Waals surface area contributed by atoms with E-state index in [2.05, 4.69) is 14.9 Å². The van der Waals surface area contributed by atoms with Crippen LogP contribution >= 0.6 is 0 Å². The number of nitrogens with one attached hydrogen (secondary N) is 2. The molecular formula is C11H13N3O5S. The predicted octanol–water partition coefficient (Wildman–Crippen LogP) is 0.658. The zero-order chi connectivity index (χ0) is 14.6. The lowest BCUT2D eigenvalue weighted by Crippen LogP contribution is -2.25. The number of H-pyrrole nitrogens is 1. The number of nitrogens with zero attached hydrogens (tertiary/aromatic N) is 1. The maximum Gasteiger partial charge on any atom is 0.342 e. The number of carbonyl (C=O) groups excluding carboxylic acids is 1. The van der Waals surface area contributed by atoms with Gasteiger partial charge in [-0.1, -0.05) is 0 Å². The van der Waals surface area contributed by atoms with Gasteiger partial charge in [0.05, 0.1) is 25.3 Å². The Hall–Kier alpha value is -2.13. The number of hydrogen-bond acceptors (Lipinski definition) is 6. The predicted molar refractivity (Wildman–Crippen MR) is 67.3 cm³/mol. The Bertz CT molecular complexity index is 675. The van der Waals surface area contributed by atoms with E-state index in [9.17, 15) is 13.2 Å². The van der Waals surface area contributed by atoms with E-state index >= 15 is 0 Å². The molecule has 108 valence electrons. The van der Waals surface area contributed by atoms with Crippen LogP contribution in [-0.4, -0.2) is 31.2 Å². The summed E-state index contributed by atoms with van der Waals surface area (Å²) in [6, 6.07) is 1.63. The summed E-state index contributed by atoms with van der Waals surface area (Å²) in [5.74, 6) is -0.745. The van der Waals surface area contributed by atoms with E-state index in [1.165, 1.54) is 12.5 Å². The van der Waals surface area contributed by atoms with Crippen LogP contribution < -0.4 is 4.72 Å². The fourth-order valence-corrected chi connectivity index (χ4v) is 2.58. The lowest BCUT2D eigenvalue weighted by atomic mass is 10.4. The van der Waals surface area contributed by atoms with Crippen LogP contribution in [0.1, 0.15) is 22.8 Å². The molecule has 2 heterocycles. The molecule has 0 aliphatic carbocycles. The summed E-state index contributed by atoms with van der Waals surface area (Å²) in [6.45, 7) is 1.81. The molecule has 0 aromatic carbocycles. The fraction of sp³-hybridized carbons (Fsp3) is 0.273. The van der Waals surface area contributed by atoms with Crippen molar-refractivity contribution in [3.8, 4) is 0 Å². The van der Waals surface area contributed by atoms with Crippen LogP contribution in [0, 0.1) is 0 Å². The molecule has 0 saturated carbocycles. The molecule has 2 N–H and O–H groups in total. The SMILES string of the molecule is CCOC(=O)c1cn[nH]c1S(=O)(=O)NCc1ccoc1. The van der Waals surface area contributed by atoms with E-state index in [0.29, 0.717) is 5.56 Å². The average molecular weight is 299 g/mol. The topological polar surface area (TPSA) is 114 Å². The minimum atomic E-state index is -3.90. The maximum atomic E-state index is 12.1. The van der Waals surface area contributed by atoms with E-state index in [1.807, 2.05) is 0 Å². The molecule has 2 aromatic heterocycles. The number of sulfonamides is 1. The van der Waals surface area contributed by atoms with Gasteiger partial charge in [0, 0.05) is 12.1 Å². The summed E-state index contributed by atoms with van der Waals surface area (Å²) in [6.07, 6.45) is 3.97. The number of carbonyl (C=O) groups is 1. The van der Waals surface area contributed by atoms with Crippen LogP contribution in [-0.2, 0) is 21.3 Å². The second kappa shape index (κ2) is 5.88. The second-order valence-corrected chi connectivity index (χ2v) is 5.49. The first-order valence-corrected chi connectivity index (χ1v) is 7.24. The number of aromatic nitrogens is 2. The Kier molecular flexibility index (Phi) is 4.20. The Morgan fingerprint density at radius 1 is 1.55 bits per heavy atom. The molecule has 0 radical (unpaired) electrons. The molecule has 20 heavy (non-hydrogen) atoms. The summed E-state index contributed by atoms with van der Waals surface area (Å²) in [7, 11) is -3.90. The first kappa shape index (κ1) is 14.3. The van der Waals surface area contributed by atoms with Crippen molar-refractivity contribution in [1.29, 1.82) is 0 Å². The Morgan fingerprint density at radius 2 is 2.35 bits per heavy atom. The van der Waals surface area contributed by atoms with Gasteiger partial charge in [-0.05, 0) is 13.0 Å². The number of ether oxygens (including phenoxy) is 1. The van der Waals surface area contributed by atoms with E-state index in [4.69, 9.17) is 9.15 Å². The largest absolute Gasteiger partial charge is 0.472 e. The van der Waals surface area contributed by atoms with E-state index in [1.54, 1.807) is 13.0 Å². The minimum Gasteiger partial charge on any atom is -0.472 e. The van der Waals surface area contributed by atoms with Crippen molar-refractivity contribution in [2.24, 2.45) is 0 Å². The number of rotatable bonds is 6. The fourth-order valence-electron chi connectivity index (χ4n) is 1.48. The third kappa shape index (κ3) is 3.06. The molecule has 8 nitrogen and oxygen atoms in total. The van der Waals surface area contributed by atoms with E-state index in [0.717, 1.165) is 6.20 Å². The number of hydrogen-bond donors (Lipinski definition) is 2. The van der Waals surface area contributed by atoms with Crippen molar-refractivity contribution in [3.05, 3.63) is 35.9 Å². The highest BCUT2D eigenvalue weighted by molar-refractivity contribution is 7.89. The highest BCUT2D eigenvalue weighted by Crippen LogP contribution is 2.13. The van der Waals surface area contributed by atoms with Crippen molar-refractivity contribution in [1.82, 2.24) is 14.9 Å². The van der Waals surface area contributed by atoms with Crippen LogP contribution in [0.25, 0.3) is 0 Å². The van der Waals surface area contributed by atoms with E-state index in [-0.39, 0.29) is 23.7 Å². The summed E-state index contributed by atoms with van der Waals surface area (Å²) in [5, 5.41) is 5.54. The molecule has 0 aliphatic rings.